The van der Waals surface area contributed by atoms with E-state index in [1.165, 1.54) is 4.90 Å². The molecule has 120 valence electrons. The first kappa shape index (κ1) is 15.5. The molecule has 0 radical (unpaired) electrons. The van der Waals surface area contributed by atoms with Gasteiger partial charge in [-0.25, -0.2) is 4.90 Å². The molecule has 2 amide bonds. The summed E-state index contributed by atoms with van der Waals surface area (Å²) in [6.07, 6.45) is 0.160. The van der Waals surface area contributed by atoms with Crippen molar-refractivity contribution in [1.82, 2.24) is 9.78 Å². The Balaban J connectivity index is 1.99. The van der Waals surface area contributed by atoms with Crippen molar-refractivity contribution in [1.29, 1.82) is 0 Å². The normalized spacial score (nSPS) is 18.1. The maximum atomic E-state index is 12.8. The molecule has 0 spiro atoms. The van der Waals surface area contributed by atoms with E-state index in [1.54, 1.807) is 4.68 Å². The number of aryl methyl sites for hydroxylation is 3. The molecule has 0 saturated carbocycles. The minimum Gasteiger partial charge on any atom is -0.274 e. The molecule has 0 bridgehead atoms. The van der Waals surface area contributed by atoms with Crippen LogP contribution in [0, 0.1) is 34.6 Å². The van der Waals surface area contributed by atoms with Gasteiger partial charge in [0, 0.05) is 5.69 Å². The Bertz CT molecular complexity index is 820. The fourth-order valence-corrected chi connectivity index (χ4v) is 2.99. The third kappa shape index (κ3) is 2.36. The van der Waals surface area contributed by atoms with Gasteiger partial charge in [0.05, 0.1) is 17.8 Å². The van der Waals surface area contributed by atoms with Gasteiger partial charge in [0.25, 0.3) is 5.91 Å². The van der Waals surface area contributed by atoms with Crippen molar-refractivity contribution in [2.75, 3.05) is 4.90 Å². The van der Waals surface area contributed by atoms with E-state index >= 15 is 0 Å². The summed E-state index contributed by atoms with van der Waals surface area (Å²) < 4.78 is 1.70. The van der Waals surface area contributed by atoms with Crippen LogP contribution in [-0.4, -0.2) is 21.6 Å². The lowest BCUT2D eigenvalue weighted by Crippen LogP contribution is -2.31. The van der Waals surface area contributed by atoms with Crippen molar-refractivity contribution in [3.05, 3.63) is 46.3 Å². The van der Waals surface area contributed by atoms with E-state index in [1.807, 2.05) is 52.8 Å². The second-order valence-corrected chi connectivity index (χ2v) is 6.30. The number of hydrogen-bond acceptors (Lipinski definition) is 3. The van der Waals surface area contributed by atoms with Crippen LogP contribution in [0.1, 0.15) is 40.5 Å². The van der Waals surface area contributed by atoms with Gasteiger partial charge in [0.15, 0.2) is 0 Å². The Morgan fingerprint density at radius 1 is 1.04 bits per heavy atom. The molecule has 23 heavy (non-hydrogen) atoms. The van der Waals surface area contributed by atoms with Crippen LogP contribution in [0.25, 0.3) is 0 Å². The molecule has 3 rings (SSSR count). The van der Waals surface area contributed by atoms with Gasteiger partial charge in [-0.2, -0.15) is 5.10 Å². The van der Waals surface area contributed by atoms with Crippen molar-refractivity contribution < 1.29 is 9.59 Å². The molecule has 1 aliphatic heterocycles. The summed E-state index contributed by atoms with van der Waals surface area (Å²) in [4.78, 5) is 26.6. The first-order chi connectivity index (χ1) is 10.8. The standard InChI is InChI=1S/C18H21N3O2/c1-10-6-7-15(8-11(10)2)20-17(22)9-16(18(20)23)21-14(5)12(3)13(4)19-21/h6-8,16H,9H2,1-5H3. The molecule has 0 N–H and O–H groups in total. The zero-order valence-corrected chi connectivity index (χ0v) is 14.2. The largest absolute Gasteiger partial charge is 0.274 e. The van der Waals surface area contributed by atoms with E-state index in [-0.39, 0.29) is 18.2 Å². The quantitative estimate of drug-likeness (QED) is 0.801. The van der Waals surface area contributed by atoms with Crippen LogP contribution in [0.4, 0.5) is 5.69 Å². The predicted molar refractivity (Wildman–Crippen MR) is 88.5 cm³/mol. The lowest BCUT2D eigenvalue weighted by Gasteiger charge is -2.17. The predicted octanol–water partition coefficient (Wildman–Crippen LogP) is 2.93. The van der Waals surface area contributed by atoms with Gasteiger partial charge >= 0.3 is 0 Å². The minimum atomic E-state index is -0.545. The molecule has 2 heterocycles. The Kier molecular flexibility index (Phi) is 3.59. The van der Waals surface area contributed by atoms with Crippen LogP contribution in [0.5, 0.6) is 0 Å². The molecule has 1 atom stereocenters. The number of nitrogens with zero attached hydrogens (tertiary/aromatic N) is 3. The smallest absolute Gasteiger partial charge is 0.259 e. The Morgan fingerprint density at radius 3 is 2.30 bits per heavy atom. The molecule has 2 aromatic rings. The van der Waals surface area contributed by atoms with Crippen LogP contribution in [0.15, 0.2) is 18.2 Å². The second-order valence-electron chi connectivity index (χ2n) is 6.30. The average molecular weight is 311 g/mol. The number of imide groups is 1. The van der Waals surface area contributed by atoms with Gasteiger partial charge in [0.1, 0.15) is 6.04 Å². The number of carbonyl (C=O) groups excluding carboxylic acids is 2. The van der Waals surface area contributed by atoms with Gasteiger partial charge in [0.2, 0.25) is 5.91 Å². The van der Waals surface area contributed by atoms with Crippen molar-refractivity contribution in [2.45, 2.75) is 47.1 Å². The first-order valence-corrected chi connectivity index (χ1v) is 7.77. The van der Waals surface area contributed by atoms with Crippen LogP contribution in [-0.2, 0) is 9.59 Å². The summed E-state index contributed by atoms with van der Waals surface area (Å²) in [6, 6.07) is 5.11. The zero-order chi connectivity index (χ0) is 16.9. The Hall–Kier alpha value is -2.43. The third-order valence-corrected chi connectivity index (χ3v) is 4.85. The van der Waals surface area contributed by atoms with Gasteiger partial charge in [-0.15, -0.1) is 0 Å². The van der Waals surface area contributed by atoms with E-state index in [0.717, 1.165) is 28.1 Å². The zero-order valence-electron chi connectivity index (χ0n) is 14.2. The molecule has 5 heteroatoms. The lowest BCUT2D eigenvalue weighted by molar-refractivity contribution is -0.122. The number of amides is 2. The highest BCUT2D eigenvalue weighted by Gasteiger charge is 2.42. The summed E-state index contributed by atoms with van der Waals surface area (Å²) in [6.45, 7) is 9.82. The highest BCUT2D eigenvalue weighted by atomic mass is 16.2. The van der Waals surface area contributed by atoms with E-state index in [9.17, 15) is 9.59 Å². The van der Waals surface area contributed by atoms with E-state index in [2.05, 4.69) is 5.10 Å². The van der Waals surface area contributed by atoms with Crippen molar-refractivity contribution >= 4 is 17.5 Å². The Morgan fingerprint density at radius 2 is 1.74 bits per heavy atom. The second kappa shape index (κ2) is 5.33. The summed E-state index contributed by atoms with van der Waals surface area (Å²) in [5, 5.41) is 4.45. The molecular formula is C18H21N3O2. The molecule has 0 aliphatic carbocycles. The molecule has 5 nitrogen and oxygen atoms in total. The maximum absolute atomic E-state index is 12.8. The molecule has 1 unspecified atom stereocenters. The van der Waals surface area contributed by atoms with Gasteiger partial charge in [-0.05, 0) is 63.4 Å². The third-order valence-electron chi connectivity index (χ3n) is 4.85. The number of carbonyl (C=O) groups is 2. The van der Waals surface area contributed by atoms with E-state index in [0.29, 0.717) is 5.69 Å². The van der Waals surface area contributed by atoms with Crippen LogP contribution in [0.2, 0.25) is 0 Å². The number of hydrogen-bond donors (Lipinski definition) is 0. The summed E-state index contributed by atoms with van der Waals surface area (Å²) in [5.41, 5.74) is 5.74. The first-order valence-electron chi connectivity index (χ1n) is 7.77. The lowest BCUT2D eigenvalue weighted by atomic mass is 10.1. The number of rotatable bonds is 2. The Labute approximate surface area is 135 Å². The van der Waals surface area contributed by atoms with Gasteiger partial charge in [-0.3, -0.25) is 14.3 Å². The average Bonchev–Trinajstić information content (AvgIpc) is 2.93. The van der Waals surface area contributed by atoms with Crippen LogP contribution >= 0.6 is 0 Å². The highest BCUT2D eigenvalue weighted by Crippen LogP contribution is 2.31. The monoisotopic (exact) mass is 311 g/mol. The highest BCUT2D eigenvalue weighted by molar-refractivity contribution is 6.21. The van der Waals surface area contributed by atoms with Gasteiger partial charge < -0.3 is 0 Å². The van der Waals surface area contributed by atoms with Crippen molar-refractivity contribution in [3.8, 4) is 0 Å². The molecule has 1 aromatic heterocycles. The summed E-state index contributed by atoms with van der Waals surface area (Å²) in [7, 11) is 0. The fraction of sp³-hybridized carbons (Fsp3) is 0.389. The number of aromatic nitrogens is 2. The van der Waals surface area contributed by atoms with E-state index < -0.39 is 6.04 Å². The summed E-state index contributed by atoms with van der Waals surface area (Å²) in [5.74, 6) is -0.377. The number of anilines is 1. The van der Waals surface area contributed by atoms with Crippen molar-refractivity contribution in [3.63, 3.8) is 0 Å². The van der Waals surface area contributed by atoms with Gasteiger partial charge in [-0.1, -0.05) is 6.07 Å². The molecule has 1 aromatic carbocycles. The fourth-order valence-electron chi connectivity index (χ4n) is 2.99. The van der Waals surface area contributed by atoms with Crippen LogP contribution in [0.3, 0.4) is 0 Å². The SMILES string of the molecule is Cc1ccc(N2C(=O)CC(n3nc(C)c(C)c3C)C2=O)cc1C. The summed E-state index contributed by atoms with van der Waals surface area (Å²) >= 11 is 0. The maximum Gasteiger partial charge on any atom is 0.259 e. The molecule has 1 saturated heterocycles. The van der Waals surface area contributed by atoms with Crippen molar-refractivity contribution in [2.24, 2.45) is 0 Å². The molecule has 1 aliphatic rings. The van der Waals surface area contributed by atoms with Crippen LogP contribution < -0.4 is 4.90 Å². The minimum absolute atomic E-state index is 0.160. The van der Waals surface area contributed by atoms with E-state index in [4.69, 9.17) is 0 Å². The molecule has 1 fully saturated rings. The topological polar surface area (TPSA) is 55.2 Å². The number of benzene rings is 1. The molecular weight excluding hydrogens is 290 g/mol.